The molecule has 0 atom stereocenters. The van der Waals surface area contributed by atoms with Gasteiger partial charge in [0.2, 0.25) is 0 Å². The lowest BCUT2D eigenvalue weighted by Crippen LogP contribution is -2.48. The fourth-order valence-corrected chi connectivity index (χ4v) is 0.912. The van der Waals surface area contributed by atoms with E-state index in [-0.39, 0.29) is 6.54 Å². The number of carbonyl (C=O) groups excluding carboxylic acids is 1. The van der Waals surface area contributed by atoms with Crippen LogP contribution >= 0.6 is 0 Å². The van der Waals surface area contributed by atoms with Gasteiger partial charge in [0, 0.05) is 6.54 Å². The van der Waals surface area contributed by atoms with E-state index >= 15 is 0 Å². The lowest BCUT2D eigenvalue weighted by Gasteiger charge is -2.23. The topological polar surface area (TPSA) is 44.1 Å². The molecule has 7 heteroatoms. The molecule has 0 spiro atoms. The molecule has 0 aromatic rings. The van der Waals surface area contributed by atoms with Gasteiger partial charge in [-0.3, -0.25) is 4.79 Å². The van der Waals surface area contributed by atoms with Crippen molar-refractivity contribution >= 4 is 5.91 Å². The van der Waals surface area contributed by atoms with Crippen LogP contribution < -0.4 is 0 Å². The van der Waals surface area contributed by atoms with Crippen LogP contribution in [0.3, 0.4) is 0 Å². The van der Waals surface area contributed by atoms with Crippen molar-refractivity contribution in [2.24, 2.45) is 0 Å². The van der Waals surface area contributed by atoms with Crippen LogP contribution in [0.4, 0.5) is 17.6 Å². The number of hydrogen-bond acceptors (Lipinski definition) is 2. The molecule has 0 aromatic heterocycles. The molecular weight excluding hydrogens is 216 g/mol. The molecule has 0 N–H and O–H groups in total. The zero-order valence-electron chi connectivity index (χ0n) is 8.01. The second-order valence-electron chi connectivity index (χ2n) is 2.81. The monoisotopic (exact) mass is 226 g/mol. The van der Waals surface area contributed by atoms with Crippen molar-refractivity contribution in [1.29, 1.82) is 5.26 Å². The fourth-order valence-electron chi connectivity index (χ4n) is 0.912. The number of amides is 1. The van der Waals surface area contributed by atoms with E-state index in [1.54, 1.807) is 6.92 Å². The van der Waals surface area contributed by atoms with Crippen molar-refractivity contribution in [3.05, 3.63) is 0 Å². The summed E-state index contributed by atoms with van der Waals surface area (Å²) < 4.78 is 48.8. The molecule has 1 amide bonds. The predicted octanol–water partition coefficient (Wildman–Crippen LogP) is 1.65. The first-order valence-corrected chi connectivity index (χ1v) is 4.20. The van der Waals surface area contributed by atoms with E-state index in [1.807, 2.05) is 0 Å². The van der Waals surface area contributed by atoms with Crippen molar-refractivity contribution in [2.75, 3.05) is 13.1 Å². The van der Waals surface area contributed by atoms with Crippen LogP contribution in [0.25, 0.3) is 0 Å². The summed E-state index contributed by atoms with van der Waals surface area (Å²) in [6.45, 7) is 0.821. The third-order valence-corrected chi connectivity index (χ3v) is 1.60. The maximum absolute atomic E-state index is 12.6. The van der Waals surface area contributed by atoms with Gasteiger partial charge < -0.3 is 4.90 Å². The largest absolute Gasteiger partial charge is 0.383 e. The molecule has 0 saturated heterocycles. The summed E-state index contributed by atoms with van der Waals surface area (Å²) in [6, 6.07) is 1.47. The van der Waals surface area contributed by atoms with E-state index in [9.17, 15) is 22.4 Å². The summed E-state index contributed by atoms with van der Waals surface area (Å²) in [5.41, 5.74) is 0. The quantitative estimate of drug-likeness (QED) is 0.528. The SMILES string of the molecule is CCCN(CC#N)C(=O)C(F)(F)C(F)F. The molecular formula is C8H10F4N2O. The Kier molecular flexibility index (Phi) is 5.05. The van der Waals surface area contributed by atoms with Crippen molar-refractivity contribution in [2.45, 2.75) is 25.7 Å². The van der Waals surface area contributed by atoms with Crippen molar-refractivity contribution < 1.29 is 22.4 Å². The van der Waals surface area contributed by atoms with Gasteiger partial charge in [-0.05, 0) is 6.42 Å². The van der Waals surface area contributed by atoms with Crippen LogP contribution in [0.5, 0.6) is 0 Å². The van der Waals surface area contributed by atoms with Crippen molar-refractivity contribution in [1.82, 2.24) is 4.90 Å². The maximum atomic E-state index is 12.6. The van der Waals surface area contributed by atoms with E-state index < -0.39 is 24.8 Å². The summed E-state index contributed by atoms with van der Waals surface area (Å²) in [7, 11) is 0. The first kappa shape index (κ1) is 13.7. The molecule has 0 aromatic carbocycles. The lowest BCUT2D eigenvalue weighted by atomic mass is 10.2. The standard InChI is InChI=1S/C8H10F4N2O/c1-2-4-14(5-3-13)7(15)8(11,12)6(9)10/h6H,2,4-5H2,1H3. The van der Waals surface area contributed by atoms with Crippen molar-refractivity contribution in [3.8, 4) is 6.07 Å². The Bertz CT molecular complexity index is 262. The molecule has 0 bridgehead atoms. The normalized spacial score (nSPS) is 11.3. The number of nitriles is 1. The Morgan fingerprint density at radius 3 is 2.40 bits per heavy atom. The van der Waals surface area contributed by atoms with Gasteiger partial charge in [-0.15, -0.1) is 0 Å². The number of carbonyl (C=O) groups is 1. The lowest BCUT2D eigenvalue weighted by molar-refractivity contribution is -0.180. The Morgan fingerprint density at radius 2 is 2.07 bits per heavy atom. The Morgan fingerprint density at radius 1 is 1.53 bits per heavy atom. The summed E-state index contributed by atoms with van der Waals surface area (Å²) in [5, 5.41) is 8.24. The average Bonchev–Trinajstić information content (AvgIpc) is 2.16. The van der Waals surface area contributed by atoms with E-state index in [0.29, 0.717) is 11.3 Å². The molecule has 86 valence electrons. The zero-order valence-corrected chi connectivity index (χ0v) is 8.01. The summed E-state index contributed by atoms with van der Waals surface area (Å²) in [5.74, 6) is -6.72. The average molecular weight is 226 g/mol. The molecule has 0 saturated carbocycles. The van der Waals surface area contributed by atoms with Crippen LogP contribution in [-0.4, -0.2) is 36.2 Å². The minimum atomic E-state index is -4.72. The molecule has 0 rings (SSSR count). The predicted molar refractivity (Wildman–Crippen MR) is 43.4 cm³/mol. The number of hydrogen-bond donors (Lipinski definition) is 0. The summed E-state index contributed by atoms with van der Waals surface area (Å²) >= 11 is 0. The van der Waals surface area contributed by atoms with Crippen LogP contribution in [0.15, 0.2) is 0 Å². The van der Waals surface area contributed by atoms with Gasteiger partial charge in [-0.1, -0.05) is 6.92 Å². The summed E-state index contributed by atoms with van der Waals surface area (Å²) in [4.78, 5) is 11.4. The summed E-state index contributed by atoms with van der Waals surface area (Å²) in [6.07, 6.45) is -3.74. The van der Waals surface area contributed by atoms with Crippen LogP contribution in [-0.2, 0) is 4.79 Å². The van der Waals surface area contributed by atoms with Gasteiger partial charge in [-0.2, -0.15) is 14.0 Å². The van der Waals surface area contributed by atoms with Gasteiger partial charge in [0.1, 0.15) is 6.54 Å². The van der Waals surface area contributed by atoms with E-state index in [0.717, 1.165) is 0 Å². The molecule has 0 radical (unpaired) electrons. The van der Waals surface area contributed by atoms with Crippen LogP contribution in [0, 0.1) is 11.3 Å². The van der Waals surface area contributed by atoms with Crippen LogP contribution in [0.2, 0.25) is 0 Å². The second-order valence-corrected chi connectivity index (χ2v) is 2.81. The number of nitrogens with zero attached hydrogens (tertiary/aromatic N) is 2. The molecule has 0 aliphatic rings. The molecule has 0 fully saturated rings. The highest BCUT2D eigenvalue weighted by Crippen LogP contribution is 2.25. The molecule has 0 aliphatic heterocycles. The Balaban J connectivity index is 4.70. The third-order valence-electron chi connectivity index (χ3n) is 1.60. The number of halogens is 4. The molecule has 3 nitrogen and oxygen atoms in total. The molecule has 0 unspecified atom stereocenters. The molecule has 0 heterocycles. The van der Waals surface area contributed by atoms with E-state index in [1.165, 1.54) is 6.07 Å². The van der Waals surface area contributed by atoms with Gasteiger partial charge >= 0.3 is 12.3 Å². The van der Waals surface area contributed by atoms with E-state index in [4.69, 9.17) is 5.26 Å². The fraction of sp³-hybridized carbons (Fsp3) is 0.750. The smallest absolute Gasteiger partial charge is 0.324 e. The first-order valence-electron chi connectivity index (χ1n) is 4.20. The van der Waals surface area contributed by atoms with Gasteiger partial charge in [0.05, 0.1) is 6.07 Å². The minimum absolute atomic E-state index is 0.144. The number of rotatable bonds is 5. The minimum Gasteiger partial charge on any atom is -0.324 e. The zero-order chi connectivity index (χ0) is 12.1. The highest BCUT2D eigenvalue weighted by Gasteiger charge is 2.50. The Hall–Kier alpha value is -1.32. The number of alkyl halides is 4. The van der Waals surface area contributed by atoms with Gasteiger partial charge in [0.25, 0.3) is 5.91 Å². The maximum Gasteiger partial charge on any atom is 0.383 e. The Labute approximate surface area is 84.3 Å². The highest BCUT2D eigenvalue weighted by molar-refractivity contribution is 5.84. The van der Waals surface area contributed by atoms with Crippen molar-refractivity contribution in [3.63, 3.8) is 0 Å². The molecule has 0 aliphatic carbocycles. The molecule has 15 heavy (non-hydrogen) atoms. The van der Waals surface area contributed by atoms with Gasteiger partial charge in [-0.25, -0.2) is 8.78 Å². The van der Waals surface area contributed by atoms with Crippen LogP contribution in [0.1, 0.15) is 13.3 Å². The second kappa shape index (κ2) is 5.53. The third kappa shape index (κ3) is 3.38. The van der Waals surface area contributed by atoms with Gasteiger partial charge in [0.15, 0.2) is 0 Å². The highest BCUT2D eigenvalue weighted by atomic mass is 19.3. The first-order chi connectivity index (χ1) is 6.87. The van der Waals surface area contributed by atoms with E-state index in [2.05, 4.69) is 0 Å².